The quantitative estimate of drug-likeness (QED) is 0.735. The molecule has 2 rings (SSSR count). The monoisotopic (exact) mass is 221 g/mol. The summed E-state index contributed by atoms with van der Waals surface area (Å²) in [4.78, 5) is 10.9. The predicted molar refractivity (Wildman–Crippen MR) is 58.2 cm³/mol. The lowest BCUT2D eigenvalue weighted by Gasteiger charge is -2.08. The smallest absolute Gasteiger partial charge is 0.248 e. The van der Waals surface area contributed by atoms with Crippen molar-refractivity contribution in [3.63, 3.8) is 0 Å². The van der Waals surface area contributed by atoms with Gasteiger partial charge in [-0.25, -0.2) is 4.39 Å². The second kappa shape index (κ2) is 3.72. The van der Waals surface area contributed by atoms with Crippen LogP contribution >= 0.6 is 0 Å². The molecule has 16 heavy (non-hydrogen) atoms. The van der Waals surface area contributed by atoms with Crippen LogP contribution in [-0.4, -0.2) is 17.2 Å². The Hall–Kier alpha value is -1.68. The first-order valence-electron chi connectivity index (χ1n) is 4.94. The van der Waals surface area contributed by atoms with E-state index in [1.54, 1.807) is 18.2 Å². The molecule has 1 aliphatic rings. The molecule has 0 saturated heterocycles. The molecule has 0 heterocycles. The number of hydrogen-bond donors (Lipinski definition) is 2. The highest BCUT2D eigenvalue weighted by Gasteiger charge is 2.31. The van der Waals surface area contributed by atoms with Crippen LogP contribution in [0.4, 0.5) is 4.39 Å². The van der Waals surface area contributed by atoms with Gasteiger partial charge in [0, 0.05) is 12.0 Å². The minimum atomic E-state index is -1.27. The molecule has 84 valence electrons. The van der Waals surface area contributed by atoms with Crippen molar-refractivity contribution in [3.8, 4) is 0 Å². The zero-order chi connectivity index (χ0) is 11.9. The van der Waals surface area contributed by atoms with Gasteiger partial charge in [-0.05, 0) is 22.8 Å². The average molecular weight is 221 g/mol. The molecule has 1 aliphatic carbocycles. The topological polar surface area (TPSA) is 63.3 Å². The van der Waals surface area contributed by atoms with E-state index in [4.69, 9.17) is 5.73 Å². The number of aliphatic hydroxyl groups is 1. The molecular weight excluding hydrogens is 209 g/mol. The summed E-state index contributed by atoms with van der Waals surface area (Å²) in [6.07, 6.45) is -2.18. The van der Waals surface area contributed by atoms with Crippen LogP contribution in [0.3, 0.4) is 0 Å². The van der Waals surface area contributed by atoms with Gasteiger partial charge in [0.05, 0.1) is 0 Å². The highest BCUT2D eigenvalue weighted by Crippen LogP contribution is 2.34. The summed E-state index contributed by atoms with van der Waals surface area (Å²) in [6, 6.07) is 4.94. The molecule has 4 heteroatoms. The Kier molecular flexibility index (Phi) is 2.52. The highest BCUT2D eigenvalue weighted by molar-refractivity contribution is 6.17. The van der Waals surface area contributed by atoms with Crippen LogP contribution < -0.4 is 5.73 Å². The Balaban J connectivity index is 2.41. The fraction of sp³-hybridized carbons (Fsp3) is 0.250. The first kappa shape index (κ1) is 10.8. The van der Waals surface area contributed by atoms with E-state index >= 15 is 0 Å². The van der Waals surface area contributed by atoms with Gasteiger partial charge < -0.3 is 10.8 Å². The van der Waals surface area contributed by atoms with E-state index in [2.05, 4.69) is 6.58 Å². The van der Waals surface area contributed by atoms with E-state index in [1.165, 1.54) is 0 Å². The maximum Gasteiger partial charge on any atom is 0.248 e. The van der Waals surface area contributed by atoms with Crippen molar-refractivity contribution in [2.45, 2.75) is 18.7 Å². The van der Waals surface area contributed by atoms with Gasteiger partial charge in [0.25, 0.3) is 0 Å². The van der Waals surface area contributed by atoms with Crippen molar-refractivity contribution in [1.82, 2.24) is 0 Å². The SMILES string of the molecule is C=C(C(N)=O)c1ccc2c(c1)C(O)C(F)C2. The third-order valence-corrected chi connectivity index (χ3v) is 2.87. The van der Waals surface area contributed by atoms with Crippen molar-refractivity contribution >= 4 is 11.5 Å². The highest BCUT2D eigenvalue weighted by atomic mass is 19.1. The van der Waals surface area contributed by atoms with Crippen LogP contribution in [0.15, 0.2) is 24.8 Å². The normalized spacial score (nSPS) is 22.9. The minimum Gasteiger partial charge on any atom is -0.385 e. The molecule has 1 amide bonds. The summed E-state index contributed by atoms with van der Waals surface area (Å²) < 4.78 is 13.2. The van der Waals surface area contributed by atoms with Gasteiger partial charge in [0.1, 0.15) is 12.3 Å². The second-order valence-electron chi connectivity index (χ2n) is 3.92. The van der Waals surface area contributed by atoms with Crippen molar-refractivity contribution in [3.05, 3.63) is 41.5 Å². The van der Waals surface area contributed by atoms with Crippen LogP contribution in [0.2, 0.25) is 0 Å². The predicted octanol–water partition coefficient (Wildman–Crippen LogP) is 1.11. The first-order valence-corrected chi connectivity index (χ1v) is 4.94. The number of carbonyl (C=O) groups excluding carboxylic acids is 1. The van der Waals surface area contributed by atoms with E-state index in [0.29, 0.717) is 11.1 Å². The first-order chi connectivity index (χ1) is 7.50. The molecule has 0 aromatic heterocycles. The third kappa shape index (κ3) is 1.61. The van der Waals surface area contributed by atoms with Crippen LogP contribution in [0.5, 0.6) is 0 Å². The molecule has 0 aliphatic heterocycles. The summed E-state index contributed by atoms with van der Waals surface area (Å²) >= 11 is 0. The molecule has 3 nitrogen and oxygen atoms in total. The maximum absolute atomic E-state index is 13.2. The molecule has 0 saturated carbocycles. The van der Waals surface area contributed by atoms with Gasteiger partial charge in [0.15, 0.2) is 0 Å². The van der Waals surface area contributed by atoms with Gasteiger partial charge in [-0.15, -0.1) is 0 Å². The number of primary amides is 1. The Morgan fingerprint density at radius 3 is 2.88 bits per heavy atom. The number of hydrogen-bond acceptors (Lipinski definition) is 2. The van der Waals surface area contributed by atoms with Crippen molar-refractivity contribution in [2.75, 3.05) is 0 Å². The van der Waals surface area contributed by atoms with Crippen LogP contribution in [-0.2, 0) is 11.2 Å². The number of benzene rings is 1. The minimum absolute atomic E-state index is 0.164. The van der Waals surface area contributed by atoms with E-state index in [-0.39, 0.29) is 12.0 Å². The third-order valence-electron chi connectivity index (χ3n) is 2.87. The molecular formula is C12H12FNO2. The van der Waals surface area contributed by atoms with E-state index in [9.17, 15) is 14.3 Å². The summed E-state index contributed by atoms with van der Waals surface area (Å²) in [6.45, 7) is 3.54. The van der Waals surface area contributed by atoms with Crippen LogP contribution in [0, 0.1) is 0 Å². The number of carbonyl (C=O) groups is 1. The molecule has 1 aromatic rings. The number of halogens is 1. The number of aliphatic hydroxyl groups excluding tert-OH is 1. The fourth-order valence-corrected chi connectivity index (χ4v) is 1.90. The number of fused-ring (bicyclic) bond motifs is 1. The zero-order valence-electron chi connectivity index (χ0n) is 8.61. The van der Waals surface area contributed by atoms with Gasteiger partial charge >= 0.3 is 0 Å². The lowest BCUT2D eigenvalue weighted by atomic mass is 10.0. The van der Waals surface area contributed by atoms with Crippen molar-refractivity contribution < 1.29 is 14.3 Å². The number of nitrogens with two attached hydrogens (primary N) is 1. The molecule has 0 bridgehead atoms. The Bertz CT molecular complexity index is 470. The Morgan fingerprint density at radius 2 is 2.25 bits per heavy atom. The molecule has 2 atom stereocenters. The van der Waals surface area contributed by atoms with Gasteiger partial charge in [-0.3, -0.25) is 4.79 Å². The van der Waals surface area contributed by atoms with Gasteiger partial charge in [-0.2, -0.15) is 0 Å². The fourth-order valence-electron chi connectivity index (χ4n) is 1.90. The standard InChI is InChI=1S/C12H12FNO2/c1-6(12(14)16)7-2-3-8-5-10(13)11(15)9(8)4-7/h2-4,10-11,15H,1,5H2,(H2,14,16). The van der Waals surface area contributed by atoms with Crippen molar-refractivity contribution in [1.29, 1.82) is 0 Å². The Labute approximate surface area is 92.4 Å². The average Bonchev–Trinajstić information content (AvgIpc) is 2.53. The summed E-state index contributed by atoms with van der Waals surface area (Å²) in [5.41, 5.74) is 7.08. The zero-order valence-corrected chi connectivity index (χ0v) is 8.61. The van der Waals surface area contributed by atoms with Gasteiger partial charge in [-0.1, -0.05) is 18.7 Å². The molecule has 1 aromatic carbocycles. The number of rotatable bonds is 2. The Morgan fingerprint density at radius 1 is 1.56 bits per heavy atom. The summed E-state index contributed by atoms with van der Waals surface area (Å²) in [7, 11) is 0. The van der Waals surface area contributed by atoms with Gasteiger partial charge in [0.2, 0.25) is 5.91 Å². The van der Waals surface area contributed by atoms with Crippen molar-refractivity contribution in [2.24, 2.45) is 5.73 Å². The number of alkyl halides is 1. The van der Waals surface area contributed by atoms with Crippen LogP contribution in [0.25, 0.3) is 5.57 Å². The summed E-state index contributed by atoms with van der Waals surface area (Å²) in [5, 5.41) is 9.57. The maximum atomic E-state index is 13.2. The van der Waals surface area contributed by atoms with Crippen LogP contribution in [0.1, 0.15) is 22.8 Å². The summed E-state index contributed by atoms with van der Waals surface area (Å²) in [5.74, 6) is -0.621. The molecule has 0 radical (unpaired) electrons. The lowest BCUT2D eigenvalue weighted by molar-refractivity contribution is -0.112. The number of amides is 1. The molecule has 3 N–H and O–H groups in total. The molecule has 0 fully saturated rings. The lowest BCUT2D eigenvalue weighted by Crippen LogP contribution is -2.12. The molecule has 0 spiro atoms. The largest absolute Gasteiger partial charge is 0.385 e. The van der Waals surface area contributed by atoms with E-state index in [1.807, 2.05) is 0 Å². The second-order valence-corrected chi connectivity index (χ2v) is 3.92. The molecule has 2 unspecified atom stereocenters. The van der Waals surface area contributed by atoms with E-state index < -0.39 is 18.2 Å². The van der Waals surface area contributed by atoms with E-state index in [0.717, 1.165) is 5.56 Å².